The first-order valence-electron chi connectivity index (χ1n) is 23.2. The summed E-state index contributed by atoms with van der Waals surface area (Å²) in [5.41, 5.74) is 15.5. The summed E-state index contributed by atoms with van der Waals surface area (Å²) in [7, 11) is 0. The number of aromatic nitrogens is 4. The van der Waals surface area contributed by atoms with E-state index < -0.39 is 0 Å². The highest BCUT2D eigenvalue weighted by molar-refractivity contribution is 6.25. The summed E-state index contributed by atoms with van der Waals surface area (Å²) in [6, 6.07) is 80.4. The van der Waals surface area contributed by atoms with Crippen molar-refractivity contribution in [3.8, 4) is 73.2 Å². The minimum Gasteiger partial charge on any atom is -0.456 e. The van der Waals surface area contributed by atoms with Gasteiger partial charge in [-0.2, -0.15) is 0 Å². The highest BCUT2D eigenvalue weighted by Crippen LogP contribution is 2.47. The zero-order valence-electron chi connectivity index (χ0n) is 37.0. The third-order valence-corrected chi connectivity index (χ3v) is 13.5. The first-order valence-corrected chi connectivity index (χ1v) is 23.2. The average Bonchev–Trinajstić information content (AvgIpc) is 4.11. The van der Waals surface area contributed by atoms with Crippen LogP contribution in [0.25, 0.3) is 139 Å². The number of nitrogens with zero attached hydrogens (tertiary/aromatic N) is 4. The fourth-order valence-corrected chi connectivity index (χ4v) is 10.3. The molecular weight excluding hydrogens is 845 g/mol. The molecule has 0 saturated heterocycles. The van der Waals surface area contributed by atoms with E-state index in [-0.39, 0.29) is 0 Å². The molecule has 322 valence electrons. The van der Waals surface area contributed by atoms with Gasteiger partial charge in [0.25, 0.3) is 0 Å². The molecule has 0 N–H and O–H groups in total. The van der Waals surface area contributed by atoms with Crippen LogP contribution >= 0.6 is 0 Å². The maximum atomic E-state index is 7.11. The minimum absolute atomic E-state index is 0.556. The van der Waals surface area contributed by atoms with Gasteiger partial charge >= 0.3 is 0 Å². The maximum absolute atomic E-state index is 7.11. The van der Waals surface area contributed by atoms with Crippen molar-refractivity contribution in [3.05, 3.63) is 231 Å². The van der Waals surface area contributed by atoms with Crippen LogP contribution in [-0.4, -0.2) is 19.5 Å². The summed E-state index contributed by atoms with van der Waals surface area (Å²) in [6.07, 6.45) is 0. The van der Waals surface area contributed by atoms with Crippen molar-refractivity contribution >= 4 is 65.7 Å². The van der Waals surface area contributed by atoms with Gasteiger partial charge in [0.15, 0.2) is 17.5 Å². The zero-order chi connectivity index (χ0) is 45.4. The van der Waals surface area contributed by atoms with E-state index in [1.54, 1.807) is 0 Å². The Morgan fingerprint density at radius 3 is 1.48 bits per heavy atom. The Labute approximate surface area is 396 Å². The molecule has 0 spiro atoms. The van der Waals surface area contributed by atoms with E-state index in [1.807, 2.05) is 60.7 Å². The van der Waals surface area contributed by atoms with Gasteiger partial charge < -0.3 is 13.4 Å². The fraction of sp³-hybridized carbons (Fsp3) is 0. The van der Waals surface area contributed by atoms with Crippen molar-refractivity contribution in [1.82, 2.24) is 19.5 Å². The lowest BCUT2D eigenvalue weighted by atomic mass is 9.92. The number of rotatable bonds is 7. The molecule has 0 amide bonds. The first kappa shape index (κ1) is 38.8. The van der Waals surface area contributed by atoms with E-state index in [0.29, 0.717) is 17.5 Å². The van der Waals surface area contributed by atoms with Crippen LogP contribution in [0.15, 0.2) is 239 Å². The molecule has 0 aliphatic heterocycles. The number of para-hydroxylation sites is 3. The molecule has 6 nitrogen and oxygen atoms in total. The van der Waals surface area contributed by atoms with Gasteiger partial charge in [-0.25, -0.2) is 15.0 Å². The van der Waals surface area contributed by atoms with Crippen molar-refractivity contribution < 1.29 is 8.83 Å². The summed E-state index contributed by atoms with van der Waals surface area (Å²) >= 11 is 0. The summed E-state index contributed by atoms with van der Waals surface area (Å²) in [5, 5.41) is 6.47. The van der Waals surface area contributed by atoms with Crippen LogP contribution in [0.5, 0.6) is 0 Å². The van der Waals surface area contributed by atoms with Crippen LogP contribution in [0.4, 0.5) is 0 Å². The molecule has 14 aromatic rings. The fourth-order valence-electron chi connectivity index (χ4n) is 10.3. The van der Waals surface area contributed by atoms with Crippen LogP contribution < -0.4 is 0 Å². The molecule has 4 aromatic heterocycles. The van der Waals surface area contributed by atoms with E-state index in [9.17, 15) is 0 Å². The van der Waals surface area contributed by atoms with Crippen LogP contribution in [0.3, 0.4) is 0 Å². The Hall–Kier alpha value is -9.39. The number of hydrogen-bond donors (Lipinski definition) is 0. The smallest absolute Gasteiger partial charge is 0.164 e. The molecule has 0 atom stereocenters. The molecule has 0 aliphatic rings. The van der Waals surface area contributed by atoms with Crippen LogP contribution in [0.1, 0.15) is 0 Å². The molecule has 0 fully saturated rings. The Balaban J connectivity index is 1.05. The van der Waals surface area contributed by atoms with E-state index in [2.05, 4.69) is 174 Å². The molecule has 10 aromatic carbocycles. The largest absolute Gasteiger partial charge is 0.456 e. The number of fused-ring (bicyclic) bond motifs is 10. The van der Waals surface area contributed by atoms with Crippen molar-refractivity contribution in [3.63, 3.8) is 0 Å². The topological polar surface area (TPSA) is 69.9 Å². The van der Waals surface area contributed by atoms with Crippen molar-refractivity contribution in [2.24, 2.45) is 0 Å². The molecule has 6 heteroatoms. The lowest BCUT2D eigenvalue weighted by Gasteiger charge is -2.21. The van der Waals surface area contributed by atoms with E-state index >= 15 is 0 Å². The lowest BCUT2D eigenvalue weighted by molar-refractivity contribution is 0.669. The number of furan rings is 2. The molecule has 14 rings (SSSR count). The summed E-state index contributed by atoms with van der Waals surface area (Å²) < 4.78 is 15.9. The van der Waals surface area contributed by atoms with Crippen LogP contribution in [-0.2, 0) is 0 Å². The quantitative estimate of drug-likeness (QED) is 0.159. The predicted molar refractivity (Wildman–Crippen MR) is 281 cm³/mol. The minimum atomic E-state index is 0.556. The Morgan fingerprint density at radius 1 is 0.290 bits per heavy atom. The van der Waals surface area contributed by atoms with E-state index in [1.165, 1.54) is 0 Å². The van der Waals surface area contributed by atoms with Crippen molar-refractivity contribution in [2.45, 2.75) is 0 Å². The summed E-state index contributed by atoms with van der Waals surface area (Å²) in [5.74, 6) is 1.70. The van der Waals surface area contributed by atoms with Gasteiger partial charge in [-0.05, 0) is 65.2 Å². The van der Waals surface area contributed by atoms with Crippen LogP contribution in [0.2, 0.25) is 0 Å². The second-order valence-corrected chi connectivity index (χ2v) is 17.5. The molecule has 0 bridgehead atoms. The van der Waals surface area contributed by atoms with Crippen molar-refractivity contribution in [1.29, 1.82) is 0 Å². The van der Waals surface area contributed by atoms with Gasteiger partial charge in [0.2, 0.25) is 0 Å². The van der Waals surface area contributed by atoms with E-state index in [4.69, 9.17) is 23.8 Å². The molecule has 0 saturated carbocycles. The third kappa shape index (κ3) is 6.30. The highest BCUT2D eigenvalue weighted by Gasteiger charge is 2.26. The van der Waals surface area contributed by atoms with Gasteiger partial charge in [0, 0.05) is 60.3 Å². The number of benzene rings is 10. The van der Waals surface area contributed by atoms with E-state index in [0.717, 1.165) is 121 Å². The second kappa shape index (κ2) is 15.6. The Kier molecular flexibility index (Phi) is 8.79. The first-order chi connectivity index (χ1) is 34.2. The molecule has 0 unspecified atom stereocenters. The SMILES string of the molecule is c1ccc(-c2nc(-c3cc(-c4ccccc4)c(-n4c5ccccc5c5c6oc7c(-c8ccccc8)cccc7c6ccc54)c(-c4ccccc4)c3)nc(-c3ccc4c(c3)oc3ccccc34)n2)cc1. The highest BCUT2D eigenvalue weighted by atomic mass is 16.3. The third-order valence-electron chi connectivity index (χ3n) is 13.5. The summed E-state index contributed by atoms with van der Waals surface area (Å²) in [4.78, 5) is 15.7. The molecule has 0 aliphatic carbocycles. The average molecular weight is 883 g/mol. The van der Waals surface area contributed by atoms with Crippen LogP contribution in [0, 0.1) is 0 Å². The second-order valence-electron chi connectivity index (χ2n) is 17.5. The predicted octanol–water partition coefficient (Wildman–Crippen LogP) is 16.8. The van der Waals surface area contributed by atoms with Gasteiger partial charge in [0.05, 0.1) is 22.1 Å². The van der Waals surface area contributed by atoms with Gasteiger partial charge in [-0.3, -0.25) is 0 Å². The van der Waals surface area contributed by atoms with Gasteiger partial charge in [-0.1, -0.05) is 182 Å². The Bertz CT molecular complexity index is 4230. The standard InChI is InChI=1S/C63H38N4O2/c1-5-18-39(19-6-1)45-28-17-29-48-49-34-35-54-57(60(49)69-59(45)48)50-27-13-15-30-53(50)67(54)58-51(40-20-7-2-8-21-40)36-44(37-52(58)41-22-9-3-10-23-41)63-65-61(42-24-11-4-12-25-42)64-62(66-63)43-32-33-47-46-26-14-16-31-55(46)68-56(47)38-43/h1-38H. The lowest BCUT2D eigenvalue weighted by Crippen LogP contribution is -2.04. The zero-order valence-corrected chi connectivity index (χ0v) is 37.0. The molecule has 69 heavy (non-hydrogen) atoms. The molecular formula is C63H38N4O2. The van der Waals surface area contributed by atoms with Gasteiger partial charge in [0.1, 0.15) is 22.3 Å². The Morgan fingerprint density at radius 2 is 0.797 bits per heavy atom. The van der Waals surface area contributed by atoms with Crippen molar-refractivity contribution in [2.75, 3.05) is 0 Å². The van der Waals surface area contributed by atoms with Gasteiger partial charge in [-0.15, -0.1) is 0 Å². The maximum Gasteiger partial charge on any atom is 0.164 e. The summed E-state index contributed by atoms with van der Waals surface area (Å²) in [6.45, 7) is 0. The monoisotopic (exact) mass is 882 g/mol. The molecule has 4 heterocycles. The molecule has 0 radical (unpaired) electrons. The normalized spacial score (nSPS) is 11.8. The number of hydrogen-bond acceptors (Lipinski definition) is 5.